The number of amides is 1. The van der Waals surface area contributed by atoms with E-state index in [4.69, 9.17) is 5.73 Å². The van der Waals surface area contributed by atoms with Crippen molar-refractivity contribution in [3.63, 3.8) is 0 Å². The lowest BCUT2D eigenvalue weighted by molar-refractivity contribution is 0.0790. The minimum Gasteiger partial charge on any atom is -0.397 e. The van der Waals surface area contributed by atoms with E-state index in [9.17, 15) is 14.4 Å². The lowest BCUT2D eigenvalue weighted by Crippen LogP contribution is -2.40. The van der Waals surface area contributed by atoms with Gasteiger partial charge in [-0.3, -0.25) is 14.2 Å². The van der Waals surface area contributed by atoms with Gasteiger partial charge in [-0.2, -0.15) is 0 Å². The van der Waals surface area contributed by atoms with Crippen molar-refractivity contribution < 1.29 is 4.79 Å². The highest BCUT2D eigenvalue weighted by molar-refractivity contribution is 7.12. The second-order valence-electron chi connectivity index (χ2n) is 4.78. The normalized spacial score (nSPS) is 10.6. The van der Waals surface area contributed by atoms with Crippen LogP contribution in [0.3, 0.4) is 0 Å². The lowest BCUT2D eigenvalue weighted by atomic mass is 10.3. The largest absolute Gasteiger partial charge is 0.397 e. The minimum atomic E-state index is -0.406. The molecule has 2 aromatic heterocycles. The van der Waals surface area contributed by atoms with Crippen molar-refractivity contribution in [2.75, 3.05) is 12.8 Å². The van der Waals surface area contributed by atoms with Crippen molar-refractivity contribution in [2.24, 2.45) is 14.1 Å². The third-order valence-electron chi connectivity index (χ3n) is 3.16. The topological polar surface area (TPSA) is 90.3 Å². The molecule has 2 N–H and O–H groups in total. The summed E-state index contributed by atoms with van der Waals surface area (Å²) in [5.74, 6) is -0.251. The summed E-state index contributed by atoms with van der Waals surface area (Å²) < 4.78 is 2.34. The minimum absolute atomic E-state index is 0.108. The van der Waals surface area contributed by atoms with Crippen LogP contribution in [0.2, 0.25) is 0 Å². The Morgan fingerprint density at radius 2 is 2.05 bits per heavy atom. The number of nitrogens with two attached hydrogens (primary N) is 1. The predicted octanol–water partition coefficient (Wildman–Crippen LogP) is -0.0001000. The Kier molecular flexibility index (Phi) is 3.99. The van der Waals surface area contributed by atoms with Crippen molar-refractivity contribution in [2.45, 2.75) is 6.54 Å². The van der Waals surface area contributed by atoms with E-state index in [1.165, 1.54) is 34.0 Å². The second kappa shape index (κ2) is 5.57. The molecule has 0 aliphatic heterocycles. The Labute approximate surface area is 124 Å². The van der Waals surface area contributed by atoms with Crippen LogP contribution in [0, 0.1) is 0 Å². The summed E-state index contributed by atoms with van der Waals surface area (Å²) in [5, 5.41) is 1.74. The Balaban J connectivity index is 2.31. The first-order valence-electron chi connectivity index (χ1n) is 6.17. The van der Waals surface area contributed by atoms with Gasteiger partial charge in [0.15, 0.2) is 0 Å². The molecule has 0 fully saturated rings. The van der Waals surface area contributed by atoms with Gasteiger partial charge < -0.3 is 15.2 Å². The van der Waals surface area contributed by atoms with Crippen molar-refractivity contribution in [1.29, 1.82) is 0 Å². The van der Waals surface area contributed by atoms with Crippen LogP contribution < -0.4 is 17.0 Å². The predicted molar refractivity (Wildman–Crippen MR) is 81.5 cm³/mol. The van der Waals surface area contributed by atoms with Gasteiger partial charge in [0.1, 0.15) is 4.88 Å². The van der Waals surface area contributed by atoms with Gasteiger partial charge in [-0.25, -0.2) is 4.79 Å². The molecule has 7 nitrogen and oxygen atoms in total. The molecule has 0 aromatic carbocycles. The highest BCUT2D eigenvalue weighted by Crippen LogP contribution is 2.20. The quantitative estimate of drug-likeness (QED) is 0.864. The fourth-order valence-electron chi connectivity index (χ4n) is 1.99. The summed E-state index contributed by atoms with van der Waals surface area (Å²) in [6.45, 7) is 0.108. The van der Waals surface area contributed by atoms with Gasteiger partial charge in [0.2, 0.25) is 0 Å². The first kappa shape index (κ1) is 15.0. The first-order chi connectivity index (χ1) is 9.82. The third-order valence-corrected chi connectivity index (χ3v) is 4.08. The highest BCUT2D eigenvalue weighted by atomic mass is 32.1. The summed E-state index contributed by atoms with van der Waals surface area (Å²) in [7, 11) is 4.56. The van der Waals surface area contributed by atoms with Crippen LogP contribution in [0.5, 0.6) is 0 Å². The van der Waals surface area contributed by atoms with Gasteiger partial charge in [0, 0.05) is 27.3 Å². The van der Waals surface area contributed by atoms with Crippen LogP contribution in [0.25, 0.3) is 0 Å². The number of hydrogen-bond donors (Lipinski definition) is 1. The molecule has 8 heteroatoms. The zero-order chi connectivity index (χ0) is 15.7. The molecule has 0 atom stereocenters. The van der Waals surface area contributed by atoms with Gasteiger partial charge in [0.05, 0.1) is 17.8 Å². The number of nitrogens with zero attached hydrogens (tertiary/aromatic N) is 3. The van der Waals surface area contributed by atoms with Gasteiger partial charge in [-0.15, -0.1) is 11.3 Å². The van der Waals surface area contributed by atoms with Crippen LogP contribution in [-0.2, 0) is 20.6 Å². The average molecular weight is 308 g/mol. The van der Waals surface area contributed by atoms with E-state index in [1.807, 2.05) is 0 Å². The summed E-state index contributed by atoms with van der Waals surface area (Å²) in [5.41, 5.74) is 5.70. The molecular formula is C13H16N4O3S. The Morgan fingerprint density at radius 3 is 2.62 bits per heavy atom. The number of carbonyl (C=O) groups is 1. The molecule has 0 bridgehead atoms. The molecule has 0 unspecified atom stereocenters. The number of anilines is 1. The molecule has 21 heavy (non-hydrogen) atoms. The highest BCUT2D eigenvalue weighted by Gasteiger charge is 2.18. The number of carbonyl (C=O) groups excluding carboxylic acids is 1. The molecule has 2 aromatic rings. The summed E-state index contributed by atoms with van der Waals surface area (Å²) in [4.78, 5) is 37.8. The maximum Gasteiger partial charge on any atom is 0.330 e. The molecule has 2 rings (SSSR count). The molecular weight excluding hydrogens is 292 g/mol. The van der Waals surface area contributed by atoms with Crippen LogP contribution in [0.15, 0.2) is 27.2 Å². The standard InChI is InChI=1S/C13H16N4O3S/c1-15(12(19)10-9(14)4-5-21-10)6-8-7-16(2)13(20)17(3)11(8)18/h4-5,7H,6,14H2,1-3H3. The molecule has 112 valence electrons. The summed E-state index contributed by atoms with van der Waals surface area (Å²) in [6.07, 6.45) is 1.45. The smallest absolute Gasteiger partial charge is 0.330 e. The van der Waals surface area contributed by atoms with Crippen molar-refractivity contribution in [3.05, 3.63) is 48.9 Å². The number of hydrogen-bond acceptors (Lipinski definition) is 5. The van der Waals surface area contributed by atoms with E-state index in [-0.39, 0.29) is 12.5 Å². The summed E-state index contributed by atoms with van der Waals surface area (Å²) in [6, 6.07) is 1.66. The lowest BCUT2D eigenvalue weighted by Gasteiger charge is -2.17. The summed E-state index contributed by atoms with van der Waals surface area (Å²) >= 11 is 1.25. The van der Waals surface area contributed by atoms with Crippen molar-refractivity contribution >= 4 is 22.9 Å². The van der Waals surface area contributed by atoms with Gasteiger partial charge in [-0.05, 0) is 11.4 Å². The first-order valence-corrected chi connectivity index (χ1v) is 7.05. The Hall–Kier alpha value is -2.35. The molecule has 0 aliphatic rings. The fourth-order valence-corrected chi connectivity index (χ4v) is 2.80. The Morgan fingerprint density at radius 1 is 1.38 bits per heavy atom. The second-order valence-corrected chi connectivity index (χ2v) is 5.69. The zero-order valence-corrected chi connectivity index (χ0v) is 12.8. The number of aryl methyl sites for hydroxylation is 1. The number of nitrogen functional groups attached to an aromatic ring is 1. The number of thiophene rings is 1. The Bertz CT molecular complexity index is 802. The molecule has 2 heterocycles. The molecule has 1 amide bonds. The number of aromatic nitrogens is 2. The van der Waals surface area contributed by atoms with Crippen LogP contribution >= 0.6 is 11.3 Å². The van der Waals surface area contributed by atoms with Crippen molar-refractivity contribution in [1.82, 2.24) is 14.0 Å². The van der Waals surface area contributed by atoms with E-state index in [1.54, 1.807) is 25.5 Å². The molecule has 0 radical (unpaired) electrons. The van der Waals surface area contributed by atoms with E-state index < -0.39 is 11.2 Å². The fraction of sp³-hybridized carbons (Fsp3) is 0.308. The van der Waals surface area contributed by atoms with E-state index in [2.05, 4.69) is 0 Å². The van der Waals surface area contributed by atoms with Crippen LogP contribution in [0.1, 0.15) is 15.2 Å². The third kappa shape index (κ3) is 2.75. The SMILES string of the molecule is CN(Cc1cn(C)c(=O)n(C)c1=O)C(=O)c1sccc1N. The molecule has 0 spiro atoms. The monoisotopic (exact) mass is 308 g/mol. The van der Waals surface area contributed by atoms with Crippen molar-refractivity contribution in [3.8, 4) is 0 Å². The van der Waals surface area contributed by atoms with E-state index >= 15 is 0 Å². The molecule has 0 saturated heterocycles. The van der Waals surface area contributed by atoms with Gasteiger partial charge >= 0.3 is 5.69 Å². The van der Waals surface area contributed by atoms with Crippen LogP contribution in [0.4, 0.5) is 5.69 Å². The van der Waals surface area contributed by atoms with E-state index in [0.717, 1.165) is 4.57 Å². The zero-order valence-electron chi connectivity index (χ0n) is 12.0. The van der Waals surface area contributed by atoms with Crippen LogP contribution in [-0.4, -0.2) is 27.0 Å². The van der Waals surface area contributed by atoms with Gasteiger partial charge in [-0.1, -0.05) is 0 Å². The molecule has 0 saturated carbocycles. The maximum atomic E-state index is 12.3. The number of rotatable bonds is 3. The maximum absolute atomic E-state index is 12.3. The van der Waals surface area contributed by atoms with Gasteiger partial charge in [0.25, 0.3) is 11.5 Å². The van der Waals surface area contributed by atoms with E-state index in [0.29, 0.717) is 16.1 Å². The molecule has 0 aliphatic carbocycles. The average Bonchev–Trinajstić information content (AvgIpc) is 2.87.